The molecule has 1 aromatic carbocycles. The molecule has 0 aliphatic carbocycles. The van der Waals surface area contributed by atoms with Crippen LogP contribution in [0.5, 0.6) is 11.5 Å². The van der Waals surface area contributed by atoms with Gasteiger partial charge in [0.25, 0.3) is 5.91 Å². The van der Waals surface area contributed by atoms with Gasteiger partial charge in [-0.25, -0.2) is 0 Å². The lowest BCUT2D eigenvalue weighted by molar-refractivity contribution is -0.138. The highest BCUT2D eigenvalue weighted by Gasteiger charge is 2.43. The average molecular weight is 349 g/mol. The fourth-order valence-corrected chi connectivity index (χ4v) is 2.84. The normalized spacial score (nSPS) is 17.0. The van der Waals surface area contributed by atoms with Crippen LogP contribution in [0.15, 0.2) is 29.5 Å². The Morgan fingerprint density at radius 3 is 2.44 bits per heavy atom. The van der Waals surface area contributed by atoms with E-state index in [1.165, 1.54) is 21.1 Å². The summed E-state index contributed by atoms with van der Waals surface area (Å²) >= 11 is 0. The van der Waals surface area contributed by atoms with Gasteiger partial charge in [-0.2, -0.15) is 0 Å². The number of carbonyl (C=O) groups excluding carboxylic acids is 2. The number of ketones is 1. The van der Waals surface area contributed by atoms with E-state index >= 15 is 0 Å². The van der Waals surface area contributed by atoms with Crippen LogP contribution in [-0.2, 0) is 14.4 Å². The quantitative estimate of drug-likeness (QED) is 0.766. The summed E-state index contributed by atoms with van der Waals surface area (Å²) in [5, 5.41) is 19.0. The van der Waals surface area contributed by atoms with Crippen LogP contribution in [0.2, 0.25) is 0 Å². The van der Waals surface area contributed by atoms with Gasteiger partial charge in [0.15, 0.2) is 11.5 Å². The lowest BCUT2D eigenvalue weighted by Crippen LogP contribution is -2.33. The van der Waals surface area contributed by atoms with Crippen LogP contribution in [0.25, 0.3) is 0 Å². The summed E-state index contributed by atoms with van der Waals surface area (Å²) in [7, 11) is 2.90. The van der Waals surface area contributed by atoms with E-state index in [1.54, 1.807) is 18.2 Å². The molecular weight excluding hydrogens is 330 g/mol. The van der Waals surface area contributed by atoms with E-state index in [2.05, 4.69) is 0 Å². The highest BCUT2D eigenvalue weighted by Crippen LogP contribution is 2.42. The number of hydrogen-bond acceptors (Lipinski definition) is 6. The number of Topliss-reactive ketones (excluding diaryl/α,β-unsaturated/α-hetero) is 1. The number of benzene rings is 1. The molecule has 2 rings (SSSR count). The van der Waals surface area contributed by atoms with Gasteiger partial charge in [-0.15, -0.1) is 0 Å². The molecule has 1 aliphatic heterocycles. The molecule has 0 saturated heterocycles. The van der Waals surface area contributed by atoms with E-state index in [0.29, 0.717) is 17.1 Å². The van der Waals surface area contributed by atoms with Crippen molar-refractivity contribution in [2.75, 3.05) is 20.8 Å². The molecule has 2 N–H and O–H groups in total. The summed E-state index contributed by atoms with van der Waals surface area (Å²) < 4.78 is 10.5. The van der Waals surface area contributed by atoms with Crippen LogP contribution in [-0.4, -0.2) is 53.5 Å². The predicted molar refractivity (Wildman–Crippen MR) is 86.6 cm³/mol. The third-order valence-electron chi connectivity index (χ3n) is 3.98. The molecule has 1 amide bonds. The number of ether oxygens (including phenoxy) is 2. The first-order valence-electron chi connectivity index (χ1n) is 7.50. The first kappa shape index (κ1) is 18.3. The maximum absolute atomic E-state index is 12.4. The maximum atomic E-state index is 12.4. The molecule has 0 saturated carbocycles. The Morgan fingerprint density at radius 2 is 1.92 bits per heavy atom. The highest BCUT2D eigenvalue weighted by molar-refractivity contribution is 6.08. The van der Waals surface area contributed by atoms with Gasteiger partial charge in [-0.3, -0.25) is 14.4 Å². The molecular formula is C17H19NO7. The largest absolute Gasteiger partial charge is 0.503 e. The van der Waals surface area contributed by atoms with Crippen LogP contribution in [0.1, 0.15) is 24.9 Å². The zero-order valence-electron chi connectivity index (χ0n) is 14.1. The Bertz CT molecular complexity index is 753. The minimum atomic E-state index is -1.10. The van der Waals surface area contributed by atoms with Crippen LogP contribution in [0.3, 0.4) is 0 Å². The van der Waals surface area contributed by atoms with E-state index in [-0.39, 0.29) is 18.5 Å². The molecule has 8 heteroatoms. The highest BCUT2D eigenvalue weighted by atomic mass is 16.5. The van der Waals surface area contributed by atoms with Gasteiger partial charge in [0.2, 0.25) is 0 Å². The number of nitrogens with zero attached hydrogens (tertiary/aromatic N) is 1. The Balaban J connectivity index is 2.60. The van der Waals surface area contributed by atoms with Crippen molar-refractivity contribution < 1.29 is 34.1 Å². The number of methoxy groups -OCH3 is 2. The predicted octanol–water partition coefficient (Wildman–Crippen LogP) is 1.46. The van der Waals surface area contributed by atoms with E-state index in [1.807, 2.05) is 0 Å². The molecule has 1 aliphatic rings. The van der Waals surface area contributed by atoms with Gasteiger partial charge in [0.1, 0.15) is 11.5 Å². The Labute approximate surface area is 144 Å². The molecule has 1 aromatic rings. The second-order valence-electron chi connectivity index (χ2n) is 5.47. The van der Waals surface area contributed by atoms with E-state index < -0.39 is 29.5 Å². The van der Waals surface area contributed by atoms with Crippen molar-refractivity contribution in [3.05, 3.63) is 35.1 Å². The van der Waals surface area contributed by atoms with Gasteiger partial charge < -0.3 is 24.6 Å². The monoisotopic (exact) mass is 349 g/mol. The van der Waals surface area contributed by atoms with Gasteiger partial charge in [-0.05, 0) is 25.1 Å². The standard InChI is InChI=1S/C17H19NO7/c1-9(19)14-15(11-8-10(24-2)4-5-12(11)25-3)18(7-6-13(20)21)17(23)16(14)22/h4-5,8,15,22H,6-7H2,1-3H3,(H,20,21)/t15-/m0/s1. The second kappa shape index (κ2) is 7.25. The molecule has 134 valence electrons. The van der Waals surface area contributed by atoms with Crippen molar-refractivity contribution in [1.82, 2.24) is 4.90 Å². The molecule has 0 fully saturated rings. The first-order valence-corrected chi connectivity index (χ1v) is 7.50. The molecule has 0 bridgehead atoms. The van der Waals surface area contributed by atoms with E-state index in [9.17, 15) is 19.5 Å². The Kier molecular flexibility index (Phi) is 5.31. The SMILES string of the molecule is COc1ccc(OC)c([C@H]2C(C(C)=O)=C(O)C(=O)N2CCC(=O)O)c1. The summed E-state index contributed by atoms with van der Waals surface area (Å²) in [5.41, 5.74) is 0.330. The molecule has 0 unspecified atom stereocenters. The van der Waals surface area contributed by atoms with Crippen molar-refractivity contribution >= 4 is 17.7 Å². The van der Waals surface area contributed by atoms with E-state index in [4.69, 9.17) is 14.6 Å². The third-order valence-corrected chi connectivity index (χ3v) is 3.98. The molecule has 25 heavy (non-hydrogen) atoms. The first-order chi connectivity index (χ1) is 11.8. The van der Waals surface area contributed by atoms with Crippen molar-refractivity contribution in [2.24, 2.45) is 0 Å². The summed E-state index contributed by atoms with van der Waals surface area (Å²) in [6, 6.07) is 3.90. The topological polar surface area (TPSA) is 113 Å². The zero-order chi connectivity index (χ0) is 18.7. The van der Waals surface area contributed by atoms with Gasteiger partial charge in [0.05, 0.1) is 32.3 Å². The summed E-state index contributed by atoms with van der Waals surface area (Å²) in [6.45, 7) is 1.07. The number of aliphatic hydroxyl groups excluding tert-OH is 1. The summed E-state index contributed by atoms with van der Waals surface area (Å²) in [6.07, 6.45) is -0.326. The number of aliphatic hydroxyl groups is 1. The lowest BCUT2D eigenvalue weighted by Gasteiger charge is -2.27. The molecule has 1 heterocycles. The molecule has 0 aromatic heterocycles. The Hall–Kier alpha value is -3.03. The molecule has 8 nitrogen and oxygen atoms in total. The zero-order valence-corrected chi connectivity index (χ0v) is 14.1. The molecule has 1 atom stereocenters. The van der Waals surface area contributed by atoms with Gasteiger partial charge >= 0.3 is 5.97 Å². The van der Waals surface area contributed by atoms with Crippen LogP contribution >= 0.6 is 0 Å². The number of carbonyl (C=O) groups is 3. The minimum Gasteiger partial charge on any atom is -0.503 e. The second-order valence-corrected chi connectivity index (χ2v) is 5.47. The van der Waals surface area contributed by atoms with Crippen LogP contribution in [0.4, 0.5) is 0 Å². The molecule has 0 spiro atoms. The van der Waals surface area contributed by atoms with Crippen molar-refractivity contribution in [1.29, 1.82) is 0 Å². The van der Waals surface area contributed by atoms with Crippen molar-refractivity contribution in [3.8, 4) is 11.5 Å². The number of carboxylic acid groups (broad SMARTS) is 1. The molecule has 0 radical (unpaired) electrons. The lowest BCUT2D eigenvalue weighted by atomic mass is 9.95. The maximum Gasteiger partial charge on any atom is 0.305 e. The van der Waals surface area contributed by atoms with Crippen molar-refractivity contribution in [3.63, 3.8) is 0 Å². The van der Waals surface area contributed by atoms with Crippen LogP contribution < -0.4 is 9.47 Å². The average Bonchev–Trinajstić information content (AvgIpc) is 2.83. The fourth-order valence-electron chi connectivity index (χ4n) is 2.84. The number of aliphatic carboxylic acids is 1. The number of rotatable bonds is 7. The minimum absolute atomic E-state index is 0.0954. The van der Waals surface area contributed by atoms with Gasteiger partial charge in [0, 0.05) is 12.1 Å². The Morgan fingerprint density at radius 1 is 1.24 bits per heavy atom. The van der Waals surface area contributed by atoms with Gasteiger partial charge in [-0.1, -0.05) is 0 Å². The summed E-state index contributed by atoms with van der Waals surface area (Å²) in [4.78, 5) is 36.5. The fraction of sp³-hybridized carbons (Fsp3) is 0.353. The van der Waals surface area contributed by atoms with E-state index in [0.717, 1.165) is 4.90 Å². The number of carboxylic acids is 1. The number of amides is 1. The summed E-state index contributed by atoms with van der Waals surface area (Å²) in [5.74, 6) is -2.20. The number of hydrogen-bond donors (Lipinski definition) is 2. The third kappa shape index (κ3) is 3.42. The van der Waals surface area contributed by atoms with Crippen molar-refractivity contribution in [2.45, 2.75) is 19.4 Å². The van der Waals surface area contributed by atoms with Crippen LogP contribution in [0, 0.1) is 0 Å². The smallest absolute Gasteiger partial charge is 0.305 e.